The van der Waals surface area contributed by atoms with Crippen molar-refractivity contribution in [2.45, 2.75) is 38.3 Å². The fourth-order valence-corrected chi connectivity index (χ4v) is 2.87. The maximum absolute atomic E-state index is 13.3. The van der Waals surface area contributed by atoms with Crippen LogP contribution >= 0.6 is 11.6 Å². The predicted octanol–water partition coefficient (Wildman–Crippen LogP) is 2.07. The third-order valence-corrected chi connectivity index (χ3v) is 4.35. The summed E-state index contributed by atoms with van der Waals surface area (Å²) >= 11 is 5.57. The van der Waals surface area contributed by atoms with Crippen LogP contribution in [-0.4, -0.2) is 42.3 Å². The number of rotatable bonds is 6. The lowest BCUT2D eigenvalue weighted by molar-refractivity contribution is -0.151. The highest BCUT2D eigenvalue weighted by atomic mass is 35.5. The lowest BCUT2D eigenvalue weighted by atomic mass is 9.84. The van der Waals surface area contributed by atoms with Crippen molar-refractivity contribution in [1.82, 2.24) is 5.32 Å². The predicted molar refractivity (Wildman–Crippen MR) is 88.8 cm³/mol. The average molecular weight is 374 g/mol. The smallest absolute Gasteiger partial charge is 0.309 e. The summed E-state index contributed by atoms with van der Waals surface area (Å²) in [7, 11) is 0. The zero-order valence-electron chi connectivity index (χ0n) is 13.8. The van der Waals surface area contributed by atoms with Gasteiger partial charge in [0.1, 0.15) is 11.6 Å². The van der Waals surface area contributed by atoms with Crippen molar-refractivity contribution < 1.29 is 28.6 Å². The number of ether oxygens (including phenoxy) is 2. The second kappa shape index (κ2) is 9.01. The first-order valence-electron chi connectivity index (χ1n) is 8.12. The van der Waals surface area contributed by atoms with E-state index in [4.69, 9.17) is 21.1 Å². The first-order chi connectivity index (χ1) is 11.9. The third kappa shape index (κ3) is 5.57. The molecule has 1 aliphatic rings. The Hall–Kier alpha value is -1.86. The number of carbonyl (C=O) groups excluding carboxylic acids is 2. The van der Waals surface area contributed by atoms with Crippen molar-refractivity contribution in [2.75, 3.05) is 13.2 Å². The van der Waals surface area contributed by atoms with E-state index in [1.54, 1.807) is 6.92 Å². The summed E-state index contributed by atoms with van der Waals surface area (Å²) < 4.78 is 23.5. The number of esters is 1. The van der Waals surface area contributed by atoms with Gasteiger partial charge in [-0.1, -0.05) is 11.6 Å². The van der Waals surface area contributed by atoms with Crippen LogP contribution in [0.25, 0.3) is 0 Å². The van der Waals surface area contributed by atoms with Crippen LogP contribution in [0.15, 0.2) is 18.2 Å². The molecule has 0 bridgehead atoms. The minimum atomic E-state index is -0.833. The van der Waals surface area contributed by atoms with E-state index in [9.17, 15) is 19.1 Å². The van der Waals surface area contributed by atoms with E-state index in [2.05, 4.69) is 5.32 Å². The standard InChI is InChI=1S/C17H21ClFNO5/c1-2-24-17(23)10-3-6-14(15(21)7-10)20-16(22)9-25-11-4-5-12(18)13(19)8-11/h4-5,8,10,14-15,21H,2-3,6-7,9H2,1H3,(H,20,22)/t10-,14-,15-/m0/s1. The third-order valence-electron chi connectivity index (χ3n) is 4.04. The summed E-state index contributed by atoms with van der Waals surface area (Å²) in [6.07, 6.45) is 0.406. The maximum Gasteiger partial charge on any atom is 0.309 e. The van der Waals surface area contributed by atoms with Gasteiger partial charge in [-0.3, -0.25) is 9.59 Å². The molecular weight excluding hydrogens is 353 g/mol. The van der Waals surface area contributed by atoms with Gasteiger partial charge in [0.15, 0.2) is 6.61 Å². The van der Waals surface area contributed by atoms with Crippen molar-refractivity contribution in [1.29, 1.82) is 0 Å². The fraction of sp³-hybridized carbons (Fsp3) is 0.529. The molecule has 1 aromatic rings. The van der Waals surface area contributed by atoms with Crippen LogP contribution in [-0.2, 0) is 14.3 Å². The molecule has 1 aromatic carbocycles. The van der Waals surface area contributed by atoms with Gasteiger partial charge in [0.05, 0.1) is 29.7 Å². The zero-order valence-corrected chi connectivity index (χ0v) is 14.6. The number of amides is 1. The van der Waals surface area contributed by atoms with Crippen LogP contribution in [0.4, 0.5) is 4.39 Å². The molecule has 1 fully saturated rings. The van der Waals surface area contributed by atoms with Crippen LogP contribution in [0, 0.1) is 11.7 Å². The quantitative estimate of drug-likeness (QED) is 0.746. The molecule has 0 radical (unpaired) electrons. The van der Waals surface area contributed by atoms with Gasteiger partial charge in [0.2, 0.25) is 0 Å². The van der Waals surface area contributed by atoms with Gasteiger partial charge in [-0.05, 0) is 38.3 Å². The van der Waals surface area contributed by atoms with Gasteiger partial charge in [-0.15, -0.1) is 0 Å². The van der Waals surface area contributed by atoms with E-state index in [0.717, 1.165) is 6.07 Å². The molecule has 138 valence electrons. The molecule has 0 heterocycles. The Bertz CT molecular complexity index is 627. The second-order valence-electron chi connectivity index (χ2n) is 5.87. The highest BCUT2D eigenvalue weighted by molar-refractivity contribution is 6.30. The number of aliphatic hydroxyl groups excluding tert-OH is 1. The van der Waals surface area contributed by atoms with Gasteiger partial charge in [-0.25, -0.2) is 4.39 Å². The Morgan fingerprint density at radius 1 is 1.40 bits per heavy atom. The second-order valence-corrected chi connectivity index (χ2v) is 6.28. The SMILES string of the molecule is CCOC(=O)[C@H]1CC[C@H](NC(=O)COc2ccc(Cl)c(F)c2)[C@@H](O)C1. The number of aliphatic hydroxyl groups is 1. The van der Waals surface area contributed by atoms with Crippen LogP contribution in [0.2, 0.25) is 5.02 Å². The monoisotopic (exact) mass is 373 g/mol. The summed E-state index contributed by atoms with van der Waals surface area (Å²) in [6.45, 7) is 1.71. The van der Waals surface area contributed by atoms with E-state index in [1.165, 1.54) is 12.1 Å². The molecule has 0 aromatic heterocycles. The summed E-state index contributed by atoms with van der Waals surface area (Å²) in [5, 5.41) is 12.8. The summed E-state index contributed by atoms with van der Waals surface area (Å²) in [5.74, 6) is -1.55. The van der Waals surface area contributed by atoms with Gasteiger partial charge in [-0.2, -0.15) is 0 Å². The highest BCUT2D eigenvalue weighted by Gasteiger charge is 2.34. The number of benzene rings is 1. The highest BCUT2D eigenvalue weighted by Crippen LogP contribution is 2.26. The largest absolute Gasteiger partial charge is 0.484 e. The van der Waals surface area contributed by atoms with E-state index < -0.39 is 23.9 Å². The van der Waals surface area contributed by atoms with E-state index in [0.29, 0.717) is 19.4 Å². The Balaban J connectivity index is 1.79. The number of hydrogen-bond acceptors (Lipinski definition) is 5. The van der Waals surface area contributed by atoms with Crippen LogP contribution in [0.3, 0.4) is 0 Å². The average Bonchev–Trinajstić information content (AvgIpc) is 2.58. The van der Waals surface area contributed by atoms with E-state index >= 15 is 0 Å². The normalized spacial score (nSPS) is 23.0. The lowest BCUT2D eigenvalue weighted by Crippen LogP contribution is -2.49. The first-order valence-corrected chi connectivity index (χ1v) is 8.50. The Morgan fingerprint density at radius 3 is 2.80 bits per heavy atom. The number of halogens is 2. The molecule has 8 heteroatoms. The molecule has 1 saturated carbocycles. The fourth-order valence-electron chi connectivity index (χ4n) is 2.75. The molecule has 0 unspecified atom stereocenters. The summed E-state index contributed by atoms with van der Waals surface area (Å²) in [6, 6.07) is 3.43. The maximum atomic E-state index is 13.3. The topological polar surface area (TPSA) is 84.9 Å². The molecule has 3 atom stereocenters. The molecule has 2 N–H and O–H groups in total. The van der Waals surface area contributed by atoms with Crippen LogP contribution in [0.1, 0.15) is 26.2 Å². The molecule has 6 nitrogen and oxygen atoms in total. The number of hydrogen-bond donors (Lipinski definition) is 2. The van der Waals surface area contributed by atoms with Crippen molar-refractivity contribution in [3.8, 4) is 5.75 Å². The zero-order chi connectivity index (χ0) is 18.4. The van der Waals surface area contributed by atoms with Gasteiger partial charge >= 0.3 is 5.97 Å². The van der Waals surface area contributed by atoms with E-state index in [1.807, 2.05) is 0 Å². The summed E-state index contributed by atoms with van der Waals surface area (Å²) in [5.41, 5.74) is 0. The molecule has 0 spiro atoms. The minimum absolute atomic E-state index is 0.0294. The molecule has 1 aliphatic carbocycles. The molecular formula is C17H21ClFNO5. The van der Waals surface area contributed by atoms with Gasteiger partial charge in [0.25, 0.3) is 5.91 Å². The van der Waals surface area contributed by atoms with Crippen LogP contribution in [0.5, 0.6) is 5.75 Å². The molecule has 2 rings (SSSR count). The Morgan fingerprint density at radius 2 is 2.16 bits per heavy atom. The molecule has 1 amide bonds. The number of nitrogens with one attached hydrogen (secondary N) is 1. The van der Waals surface area contributed by atoms with Crippen LogP contribution < -0.4 is 10.1 Å². The lowest BCUT2D eigenvalue weighted by Gasteiger charge is -2.32. The minimum Gasteiger partial charge on any atom is -0.484 e. The van der Waals surface area contributed by atoms with Gasteiger partial charge in [0, 0.05) is 6.07 Å². The van der Waals surface area contributed by atoms with Gasteiger partial charge < -0.3 is 19.9 Å². The van der Waals surface area contributed by atoms with E-state index in [-0.39, 0.29) is 35.7 Å². The van der Waals surface area contributed by atoms with Crippen molar-refractivity contribution in [2.24, 2.45) is 5.92 Å². The Kier molecular flexibility index (Phi) is 7.01. The summed E-state index contributed by atoms with van der Waals surface area (Å²) in [4.78, 5) is 23.6. The Labute approximate surface area is 150 Å². The van der Waals surface area contributed by atoms with Crippen molar-refractivity contribution in [3.63, 3.8) is 0 Å². The van der Waals surface area contributed by atoms with Crippen molar-refractivity contribution in [3.05, 3.63) is 29.0 Å². The van der Waals surface area contributed by atoms with Crippen molar-refractivity contribution >= 4 is 23.5 Å². The number of carbonyl (C=O) groups is 2. The molecule has 0 aliphatic heterocycles. The first kappa shape index (κ1) is 19.5. The molecule has 25 heavy (non-hydrogen) atoms. The molecule has 0 saturated heterocycles.